The van der Waals surface area contributed by atoms with Crippen molar-refractivity contribution in [1.29, 1.82) is 0 Å². The number of hydrogen-bond donors (Lipinski definition) is 1. The van der Waals surface area contributed by atoms with Crippen LogP contribution < -0.4 is 0 Å². The molecule has 4 rings (SSSR count). The van der Waals surface area contributed by atoms with E-state index in [2.05, 4.69) is 0 Å². The molecule has 0 aromatic heterocycles. The van der Waals surface area contributed by atoms with Gasteiger partial charge in [0.05, 0.1) is 45.7 Å². The van der Waals surface area contributed by atoms with Gasteiger partial charge in [-0.3, -0.25) is 0 Å². The van der Waals surface area contributed by atoms with Gasteiger partial charge in [-0.25, -0.2) is 0 Å². The topological polar surface area (TPSA) is 57.2 Å². The molecular formula is C28H32O5. The molecule has 0 aliphatic carbocycles. The van der Waals surface area contributed by atoms with Crippen molar-refractivity contribution >= 4 is 0 Å². The van der Waals surface area contributed by atoms with Gasteiger partial charge in [-0.15, -0.1) is 0 Å². The Morgan fingerprint density at radius 1 is 0.667 bits per heavy atom. The van der Waals surface area contributed by atoms with E-state index in [-0.39, 0.29) is 30.8 Å². The van der Waals surface area contributed by atoms with Crippen LogP contribution in [0.2, 0.25) is 0 Å². The molecule has 5 nitrogen and oxygen atoms in total. The highest BCUT2D eigenvalue weighted by atomic mass is 16.6. The van der Waals surface area contributed by atoms with E-state index < -0.39 is 0 Å². The van der Waals surface area contributed by atoms with E-state index in [1.165, 1.54) is 0 Å². The molecule has 0 bridgehead atoms. The van der Waals surface area contributed by atoms with Crippen LogP contribution in [0, 0.1) is 5.92 Å². The number of aliphatic hydroxyl groups is 1. The number of hydrogen-bond acceptors (Lipinski definition) is 5. The SMILES string of the molecule is OCC1CO[C@H](COCc2ccccc2)[C@H](OCc2ccccc2)[C@@H]1OCc1ccccc1. The number of benzene rings is 3. The number of rotatable bonds is 11. The zero-order chi connectivity index (χ0) is 22.7. The van der Waals surface area contributed by atoms with Crippen LogP contribution in [-0.4, -0.2) is 43.2 Å². The molecule has 0 spiro atoms. The first-order chi connectivity index (χ1) is 16.3. The lowest BCUT2D eigenvalue weighted by Crippen LogP contribution is -2.55. The van der Waals surface area contributed by atoms with Crippen molar-refractivity contribution in [2.75, 3.05) is 19.8 Å². The summed E-state index contributed by atoms with van der Waals surface area (Å²) in [7, 11) is 0. The summed E-state index contributed by atoms with van der Waals surface area (Å²) in [6.07, 6.45) is -0.963. The minimum Gasteiger partial charge on any atom is -0.396 e. The van der Waals surface area contributed by atoms with Gasteiger partial charge in [0.2, 0.25) is 0 Å². The molecule has 4 atom stereocenters. The summed E-state index contributed by atoms with van der Waals surface area (Å²) in [6, 6.07) is 30.2. The summed E-state index contributed by atoms with van der Waals surface area (Å²) < 4.78 is 24.8. The molecule has 0 radical (unpaired) electrons. The van der Waals surface area contributed by atoms with E-state index in [1.807, 2.05) is 91.0 Å². The first-order valence-electron chi connectivity index (χ1n) is 11.5. The third-order valence-corrected chi connectivity index (χ3v) is 5.88. The lowest BCUT2D eigenvalue weighted by molar-refractivity contribution is -0.224. The van der Waals surface area contributed by atoms with E-state index in [1.54, 1.807) is 0 Å². The second-order valence-electron chi connectivity index (χ2n) is 8.34. The summed E-state index contributed by atoms with van der Waals surface area (Å²) in [5, 5.41) is 10.0. The highest BCUT2D eigenvalue weighted by Gasteiger charge is 2.42. The van der Waals surface area contributed by atoms with E-state index in [0.717, 1.165) is 16.7 Å². The second-order valence-corrected chi connectivity index (χ2v) is 8.34. The van der Waals surface area contributed by atoms with Crippen LogP contribution in [0.25, 0.3) is 0 Å². The van der Waals surface area contributed by atoms with Gasteiger partial charge in [0, 0.05) is 5.92 Å². The zero-order valence-corrected chi connectivity index (χ0v) is 18.8. The van der Waals surface area contributed by atoms with Gasteiger partial charge in [0.15, 0.2) is 0 Å². The van der Waals surface area contributed by atoms with Gasteiger partial charge in [0.1, 0.15) is 12.2 Å². The van der Waals surface area contributed by atoms with Gasteiger partial charge in [-0.1, -0.05) is 91.0 Å². The molecule has 1 heterocycles. The summed E-state index contributed by atoms with van der Waals surface area (Å²) in [5.74, 6) is -0.167. The fourth-order valence-corrected chi connectivity index (χ4v) is 4.05. The first-order valence-corrected chi connectivity index (χ1v) is 11.5. The summed E-state index contributed by atoms with van der Waals surface area (Å²) in [4.78, 5) is 0. The third kappa shape index (κ3) is 6.97. The van der Waals surface area contributed by atoms with Gasteiger partial charge in [-0.2, -0.15) is 0 Å². The highest BCUT2D eigenvalue weighted by molar-refractivity contribution is 5.15. The fourth-order valence-electron chi connectivity index (χ4n) is 4.05. The Morgan fingerprint density at radius 3 is 1.67 bits per heavy atom. The van der Waals surface area contributed by atoms with Crippen LogP contribution in [0.4, 0.5) is 0 Å². The van der Waals surface area contributed by atoms with E-state index >= 15 is 0 Å². The normalized spacial score (nSPS) is 22.8. The first kappa shape index (κ1) is 23.6. The maximum atomic E-state index is 10.0. The molecule has 0 amide bonds. The molecule has 0 saturated carbocycles. The van der Waals surface area contributed by atoms with Crippen molar-refractivity contribution in [3.63, 3.8) is 0 Å². The number of ether oxygens (including phenoxy) is 4. The van der Waals surface area contributed by atoms with Crippen LogP contribution in [0.15, 0.2) is 91.0 Å². The standard InChI is InChI=1S/C28H32O5/c29-16-25-20-31-26(21-30-17-22-10-4-1-5-11-22)28(33-19-24-14-8-3-9-15-24)27(25)32-18-23-12-6-2-7-13-23/h1-15,25-29H,16-21H2/t25?,26-,27-,28+/m1/s1. The van der Waals surface area contributed by atoms with Gasteiger partial charge in [0.25, 0.3) is 0 Å². The molecule has 1 unspecified atom stereocenters. The molecular weight excluding hydrogens is 416 g/mol. The summed E-state index contributed by atoms with van der Waals surface area (Å²) in [6.45, 7) is 2.16. The molecule has 33 heavy (non-hydrogen) atoms. The Labute approximate surface area is 195 Å². The minimum atomic E-state index is -0.365. The third-order valence-electron chi connectivity index (χ3n) is 5.88. The summed E-state index contributed by atoms with van der Waals surface area (Å²) >= 11 is 0. The van der Waals surface area contributed by atoms with Gasteiger partial charge < -0.3 is 24.1 Å². The van der Waals surface area contributed by atoms with Crippen molar-refractivity contribution in [3.8, 4) is 0 Å². The van der Waals surface area contributed by atoms with Crippen LogP contribution in [0.1, 0.15) is 16.7 Å². The predicted molar refractivity (Wildman–Crippen MR) is 126 cm³/mol. The highest BCUT2D eigenvalue weighted by Crippen LogP contribution is 2.28. The quantitative estimate of drug-likeness (QED) is 0.472. The molecule has 3 aromatic carbocycles. The van der Waals surface area contributed by atoms with Crippen LogP contribution in [-0.2, 0) is 38.8 Å². The van der Waals surface area contributed by atoms with Crippen LogP contribution >= 0.6 is 0 Å². The van der Waals surface area contributed by atoms with Crippen molar-refractivity contribution in [2.45, 2.75) is 38.1 Å². The maximum absolute atomic E-state index is 10.0. The van der Waals surface area contributed by atoms with Crippen molar-refractivity contribution in [3.05, 3.63) is 108 Å². The van der Waals surface area contributed by atoms with Crippen LogP contribution in [0.3, 0.4) is 0 Å². The van der Waals surface area contributed by atoms with Crippen molar-refractivity contribution in [2.24, 2.45) is 5.92 Å². The van der Waals surface area contributed by atoms with E-state index in [9.17, 15) is 5.11 Å². The Morgan fingerprint density at radius 2 is 1.15 bits per heavy atom. The number of aliphatic hydroxyl groups excluding tert-OH is 1. The monoisotopic (exact) mass is 448 g/mol. The smallest absolute Gasteiger partial charge is 0.113 e. The van der Waals surface area contributed by atoms with Gasteiger partial charge in [-0.05, 0) is 16.7 Å². The molecule has 1 fully saturated rings. The largest absolute Gasteiger partial charge is 0.396 e. The predicted octanol–water partition coefficient (Wildman–Crippen LogP) is 4.38. The fraction of sp³-hybridized carbons (Fsp3) is 0.357. The van der Waals surface area contributed by atoms with E-state index in [4.69, 9.17) is 18.9 Å². The Kier molecular flexibility index (Phi) is 9.04. The molecule has 1 N–H and O–H groups in total. The molecule has 1 aliphatic rings. The van der Waals surface area contributed by atoms with E-state index in [0.29, 0.717) is 33.0 Å². The lowest BCUT2D eigenvalue weighted by atomic mass is 9.92. The average molecular weight is 449 g/mol. The Hall–Kier alpha value is -2.54. The maximum Gasteiger partial charge on any atom is 0.113 e. The Balaban J connectivity index is 1.45. The Bertz CT molecular complexity index is 919. The molecule has 1 saturated heterocycles. The summed E-state index contributed by atoms with van der Waals surface area (Å²) in [5.41, 5.74) is 3.27. The second kappa shape index (κ2) is 12.6. The molecule has 174 valence electrons. The van der Waals surface area contributed by atoms with Gasteiger partial charge >= 0.3 is 0 Å². The van der Waals surface area contributed by atoms with Crippen molar-refractivity contribution in [1.82, 2.24) is 0 Å². The van der Waals surface area contributed by atoms with Crippen LogP contribution in [0.5, 0.6) is 0 Å². The minimum absolute atomic E-state index is 0.0255. The van der Waals surface area contributed by atoms with Crippen molar-refractivity contribution < 1.29 is 24.1 Å². The zero-order valence-electron chi connectivity index (χ0n) is 18.8. The molecule has 3 aromatic rings. The average Bonchev–Trinajstić information content (AvgIpc) is 2.88. The molecule has 5 heteroatoms. The molecule has 1 aliphatic heterocycles. The lowest BCUT2D eigenvalue weighted by Gasteiger charge is -2.42.